The van der Waals surface area contributed by atoms with Gasteiger partial charge in [0, 0.05) is 6.04 Å². The topological polar surface area (TPSA) is 55.1 Å². The molecule has 3 N–H and O–H groups in total. The van der Waals surface area contributed by atoms with Gasteiger partial charge in [0.05, 0.1) is 12.0 Å². The molecule has 0 bridgehead atoms. The third-order valence-electron chi connectivity index (χ3n) is 4.43. The van der Waals surface area contributed by atoms with Gasteiger partial charge >= 0.3 is 0 Å². The van der Waals surface area contributed by atoms with Crippen molar-refractivity contribution in [2.45, 2.75) is 45.2 Å². The Hall–Kier alpha value is -1.61. The van der Waals surface area contributed by atoms with Crippen LogP contribution in [-0.2, 0) is 4.79 Å². The number of benzene rings is 1. The van der Waals surface area contributed by atoms with E-state index in [-0.39, 0.29) is 23.9 Å². The summed E-state index contributed by atoms with van der Waals surface area (Å²) in [5, 5.41) is 3.25. The van der Waals surface area contributed by atoms with Crippen molar-refractivity contribution in [3.63, 3.8) is 0 Å². The molecular weight excluding hydrogens is 260 g/mol. The number of hydrogen-bond acceptors (Lipinski definition) is 2. The maximum absolute atomic E-state index is 12.5. The SMILES string of the molecule is CCC(CC)C(NC(=O)C1C=CC(N)C1)c1ccccc1. The molecule has 0 saturated carbocycles. The lowest BCUT2D eigenvalue weighted by molar-refractivity contribution is -0.124. The molecule has 0 aromatic heterocycles. The van der Waals surface area contributed by atoms with Crippen molar-refractivity contribution in [3.8, 4) is 0 Å². The van der Waals surface area contributed by atoms with Crippen molar-refractivity contribution in [2.75, 3.05) is 0 Å². The largest absolute Gasteiger partial charge is 0.349 e. The van der Waals surface area contributed by atoms with Crippen LogP contribution in [0.25, 0.3) is 0 Å². The predicted octanol–water partition coefficient (Wildman–Crippen LogP) is 3.18. The average molecular weight is 286 g/mol. The number of nitrogens with two attached hydrogens (primary N) is 1. The van der Waals surface area contributed by atoms with Gasteiger partial charge in [-0.15, -0.1) is 0 Å². The Morgan fingerprint density at radius 1 is 1.24 bits per heavy atom. The summed E-state index contributed by atoms with van der Waals surface area (Å²) < 4.78 is 0. The molecule has 2 rings (SSSR count). The second kappa shape index (κ2) is 7.41. The van der Waals surface area contributed by atoms with E-state index in [1.807, 2.05) is 30.4 Å². The van der Waals surface area contributed by atoms with Crippen LogP contribution >= 0.6 is 0 Å². The molecule has 1 aliphatic carbocycles. The normalized spacial score (nSPS) is 22.5. The van der Waals surface area contributed by atoms with Gasteiger partial charge in [0.2, 0.25) is 5.91 Å². The highest BCUT2D eigenvalue weighted by Gasteiger charge is 2.27. The summed E-state index contributed by atoms with van der Waals surface area (Å²) >= 11 is 0. The molecule has 1 aliphatic rings. The van der Waals surface area contributed by atoms with Crippen LogP contribution in [0, 0.1) is 11.8 Å². The second-order valence-corrected chi connectivity index (χ2v) is 5.86. The Balaban J connectivity index is 2.13. The first-order valence-corrected chi connectivity index (χ1v) is 7.94. The zero-order valence-corrected chi connectivity index (χ0v) is 13.0. The minimum absolute atomic E-state index is 0.0177. The molecule has 114 valence electrons. The van der Waals surface area contributed by atoms with Crippen LogP contribution in [-0.4, -0.2) is 11.9 Å². The van der Waals surface area contributed by atoms with Crippen LogP contribution in [0.4, 0.5) is 0 Å². The van der Waals surface area contributed by atoms with Gasteiger partial charge in [0.1, 0.15) is 0 Å². The smallest absolute Gasteiger partial charge is 0.227 e. The van der Waals surface area contributed by atoms with Gasteiger partial charge in [-0.2, -0.15) is 0 Å². The summed E-state index contributed by atoms with van der Waals surface area (Å²) in [5.41, 5.74) is 7.04. The molecule has 0 fully saturated rings. The van der Waals surface area contributed by atoms with Gasteiger partial charge < -0.3 is 11.1 Å². The van der Waals surface area contributed by atoms with E-state index < -0.39 is 0 Å². The average Bonchev–Trinajstić information content (AvgIpc) is 2.95. The molecule has 1 aromatic carbocycles. The van der Waals surface area contributed by atoms with E-state index >= 15 is 0 Å². The lowest BCUT2D eigenvalue weighted by Crippen LogP contribution is -2.37. The van der Waals surface area contributed by atoms with E-state index in [0.29, 0.717) is 5.92 Å². The summed E-state index contributed by atoms with van der Waals surface area (Å²) in [4.78, 5) is 12.5. The minimum atomic E-state index is -0.0828. The maximum atomic E-state index is 12.5. The van der Waals surface area contributed by atoms with E-state index in [1.165, 1.54) is 5.56 Å². The molecule has 3 unspecified atom stereocenters. The molecule has 0 spiro atoms. The first-order valence-electron chi connectivity index (χ1n) is 7.94. The molecule has 1 amide bonds. The molecule has 0 heterocycles. The summed E-state index contributed by atoms with van der Waals surface area (Å²) in [6, 6.07) is 10.4. The third-order valence-corrected chi connectivity index (χ3v) is 4.43. The fraction of sp³-hybridized carbons (Fsp3) is 0.500. The molecule has 3 atom stereocenters. The van der Waals surface area contributed by atoms with Crippen LogP contribution in [0.2, 0.25) is 0 Å². The molecule has 0 radical (unpaired) electrons. The highest BCUT2D eigenvalue weighted by molar-refractivity contribution is 5.81. The fourth-order valence-corrected chi connectivity index (χ4v) is 3.08. The van der Waals surface area contributed by atoms with E-state index in [2.05, 4.69) is 31.3 Å². The number of nitrogens with one attached hydrogen (secondary N) is 1. The highest BCUT2D eigenvalue weighted by atomic mass is 16.1. The van der Waals surface area contributed by atoms with E-state index in [4.69, 9.17) is 5.73 Å². The molecule has 0 saturated heterocycles. The standard InChI is InChI=1S/C18H26N2O/c1-3-13(4-2)17(14-8-6-5-7-9-14)20-18(21)15-10-11-16(19)12-15/h5-11,13,15-17H,3-4,12,19H2,1-2H3,(H,20,21). The Morgan fingerprint density at radius 3 is 2.43 bits per heavy atom. The first kappa shape index (κ1) is 15.8. The van der Waals surface area contributed by atoms with Gasteiger partial charge in [0.25, 0.3) is 0 Å². The summed E-state index contributed by atoms with van der Waals surface area (Å²) in [6.45, 7) is 4.36. The van der Waals surface area contributed by atoms with Crippen molar-refractivity contribution in [2.24, 2.45) is 17.6 Å². The third kappa shape index (κ3) is 3.94. The number of amides is 1. The van der Waals surface area contributed by atoms with E-state index in [9.17, 15) is 4.79 Å². The summed E-state index contributed by atoms with van der Waals surface area (Å²) in [6.07, 6.45) is 6.69. The van der Waals surface area contributed by atoms with Gasteiger partial charge in [-0.25, -0.2) is 0 Å². The fourth-order valence-electron chi connectivity index (χ4n) is 3.08. The molecule has 1 aromatic rings. The van der Waals surface area contributed by atoms with Gasteiger partial charge in [-0.1, -0.05) is 69.2 Å². The zero-order chi connectivity index (χ0) is 15.2. The van der Waals surface area contributed by atoms with Crippen LogP contribution in [0.1, 0.15) is 44.7 Å². The summed E-state index contributed by atoms with van der Waals surface area (Å²) in [5.74, 6) is 0.468. The number of carbonyl (C=O) groups excluding carboxylic acids is 1. The van der Waals surface area contributed by atoms with Crippen LogP contribution < -0.4 is 11.1 Å². The van der Waals surface area contributed by atoms with Crippen LogP contribution in [0.15, 0.2) is 42.5 Å². The molecule has 21 heavy (non-hydrogen) atoms. The lowest BCUT2D eigenvalue weighted by Gasteiger charge is -2.28. The Labute approximate surface area is 127 Å². The molecular formula is C18H26N2O. The number of rotatable bonds is 6. The van der Waals surface area contributed by atoms with Crippen molar-refractivity contribution in [3.05, 3.63) is 48.0 Å². The summed E-state index contributed by atoms with van der Waals surface area (Å²) in [7, 11) is 0. The van der Waals surface area contributed by atoms with Crippen molar-refractivity contribution in [1.29, 1.82) is 0 Å². The van der Waals surface area contributed by atoms with Crippen molar-refractivity contribution >= 4 is 5.91 Å². The van der Waals surface area contributed by atoms with Gasteiger partial charge in [-0.05, 0) is 17.9 Å². The van der Waals surface area contributed by atoms with Gasteiger partial charge in [-0.3, -0.25) is 4.79 Å². The second-order valence-electron chi connectivity index (χ2n) is 5.86. The highest BCUT2D eigenvalue weighted by Crippen LogP contribution is 2.28. The zero-order valence-electron chi connectivity index (χ0n) is 13.0. The number of carbonyl (C=O) groups is 1. The Kier molecular flexibility index (Phi) is 5.57. The number of hydrogen-bond donors (Lipinski definition) is 2. The maximum Gasteiger partial charge on any atom is 0.227 e. The Bertz CT molecular complexity index is 479. The van der Waals surface area contributed by atoms with Gasteiger partial charge in [0.15, 0.2) is 0 Å². The predicted molar refractivity (Wildman–Crippen MR) is 86.6 cm³/mol. The first-order chi connectivity index (χ1) is 10.2. The van der Waals surface area contributed by atoms with Crippen LogP contribution in [0.3, 0.4) is 0 Å². The van der Waals surface area contributed by atoms with Crippen LogP contribution in [0.5, 0.6) is 0 Å². The quantitative estimate of drug-likeness (QED) is 0.789. The van der Waals surface area contributed by atoms with E-state index in [0.717, 1.165) is 19.3 Å². The molecule has 0 aliphatic heterocycles. The lowest BCUT2D eigenvalue weighted by atomic mass is 9.88. The Morgan fingerprint density at radius 2 is 1.90 bits per heavy atom. The van der Waals surface area contributed by atoms with Crippen molar-refractivity contribution < 1.29 is 4.79 Å². The molecule has 3 heteroatoms. The minimum Gasteiger partial charge on any atom is -0.349 e. The monoisotopic (exact) mass is 286 g/mol. The van der Waals surface area contributed by atoms with Crippen molar-refractivity contribution in [1.82, 2.24) is 5.32 Å². The van der Waals surface area contributed by atoms with E-state index in [1.54, 1.807) is 0 Å². The molecule has 3 nitrogen and oxygen atoms in total.